The second kappa shape index (κ2) is 5.60. The van der Waals surface area contributed by atoms with Crippen LogP contribution in [-0.2, 0) is 14.4 Å². The summed E-state index contributed by atoms with van der Waals surface area (Å²) in [6.45, 7) is 2.34. The molecule has 7 nitrogen and oxygen atoms in total. The Bertz CT molecular complexity index is 474. The van der Waals surface area contributed by atoms with Gasteiger partial charge in [-0.3, -0.25) is 9.59 Å². The summed E-state index contributed by atoms with van der Waals surface area (Å²) in [6.07, 6.45) is 2.77. The van der Waals surface area contributed by atoms with Crippen molar-refractivity contribution in [2.45, 2.75) is 51.0 Å². The van der Waals surface area contributed by atoms with Crippen LogP contribution in [0.5, 0.6) is 0 Å². The van der Waals surface area contributed by atoms with Crippen molar-refractivity contribution >= 4 is 23.5 Å². The van der Waals surface area contributed by atoms with Crippen LogP contribution in [0.25, 0.3) is 0 Å². The first-order valence-corrected chi connectivity index (χ1v) is 6.92. The average Bonchev–Trinajstić information content (AvgIpc) is 2.84. The zero-order valence-electron chi connectivity index (χ0n) is 11.5. The molecule has 1 saturated heterocycles. The second-order valence-corrected chi connectivity index (χ2v) is 5.24. The Hall–Kier alpha value is -1.92. The summed E-state index contributed by atoms with van der Waals surface area (Å²) in [4.78, 5) is 36.6. The van der Waals surface area contributed by atoms with Crippen molar-refractivity contribution in [3.8, 4) is 0 Å². The third kappa shape index (κ3) is 2.39. The first kappa shape index (κ1) is 14.5. The lowest BCUT2D eigenvalue weighted by Crippen LogP contribution is -2.55. The molecule has 0 radical (unpaired) electrons. The van der Waals surface area contributed by atoms with E-state index in [1.165, 1.54) is 4.90 Å². The van der Waals surface area contributed by atoms with Crippen molar-refractivity contribution in [3.05, 3.63) is 0 Å². The van der Waals surface area contributed by atoms with Crippen LogP contribution in [0.3, 0.4) is 0 Å². The molecule has 1 atom stereocenters. The van der Waals surface area contributed by atoms with Crippen molar-refractivity contribution in [2.24, 2.45) is 5.10 Å². The maximum atomic E-state index is 12.5. The Morgan fingerprint density at radius 2 is 2.20 bits per heavy atom. The van der Waals surface area contributed by atoms with Gasteiger partial charge in [0.05, 0.1) is 0 Å². The van der Waals surface area contributed by atoms with Crippen molar-refractivity contribution in [1.82, 2.24) is 10.3 Å². The highest BCUT2D eigenvalue weighted by Gasteiger charge is 2.50. The normalized spacial score (nSPS) is 26.1. The Labute approximate surface area is 117 Å². The number of nitrogens with zero attached hydrogens (tertiary/aromatic N) is 2. The monoisotopic (exact) mass is 281 g/mol. The fraction of sp³-hybridized carbons (Fsp3) is 0.692. The molecule has 2 aliphatic rings. The highest BCUT2D eigenvalue weighted by molar-refractivity contribution is 6.40. The molecule has 0 aromatic carbocycles. The standard InChI is InChI=1S/C13H19N3O4/c1-2-6-13(12(19)20)7-3-8-16(13)11(18)9-4-5-10(17)15-14-9/h2-8H2,1H3,(H,15,17)(H,19,20). The quantitative estimate of drug-likeness (QED) is 0.783. The number of carbonyl (C=O) groups is 3. The summed E-state index contributed by atoms with van der Waals surface area (Å²) in [5.41, 5.74) is 1.41. The number of aliphatic carboxylic acids is 1. The highest BCUT2D eigenvalue weighted by atomic mass is 16.4. The van der Waals surface area contributed by atoms with E-state index in [2.05, 4.69) is 10.5 Å². The lowest BCUT2D eigenvalue weighted by molar-refractivity contribution is -0.155. The van der Waals surface area contributed by atoms with Crippen molar-refractivity contribution in [2.75, 3.05) is 6.54 Å². The molecule has 2 heterocycles. The van der Waals surface area contributed by atoms with Crippen LogP contribution < -0.4 is 5.43 Å². The zero-order chi connectivity index (χ0) is 14.8. The summed E-state index contributed by atoms with van der Waals surface area (Å²) < 4.78 is 0. The van der Waals surface area contributed by atoms with Crippen LogP contribution in [-0.4, -0.2) is 45.6 Å². The molecule has 2 rings (SSSR count). The molecule has 1 fully saturated rings. The van der Waals surface area contributed by atoms with Gasteiger partial charge in [0.25, 0.3) is 5.91 Å². The average molecular weight is 281 g/mol. The van der Waals surface area contributed by atoms with Crippen molar-refractivity contribution in [3.63, 3.8) is 0 Å². The number of hydrogen-bond acceptors (Lipinski definition) is 4. The number of carbonyl (C=O) groups excluding carboxylic acids is 2. The van der Waals surface area contributed by atoms with Crippen molar-refractivity contribution < 1.29 is 19.5 Å². The van der Waals surface area contributed by atoms with Crippen LogP contribution in [0.2, 0.25) is 0 Å². The van der Waals surface area contributed by atoms with Gasteiger partial charge in [0, 0.05) is 19.4 Å². The third-order valence-corrected chi connectivity index (χ3v) is 3.95. The van der Waals surface area contributed by atoms with E-state index >= 15 is 0 Å². The molecule has 1 unspecified atom stereocenters. The van der Waals surface area contributed by atoms with Crippen molar-refractivity contribution in [1.29, 1.82) is 0 Å². The van der Waals surface area contributed by atoms with Crippen LogP contribution in [0, 0.1) is 0 Å². The van der Waals surface area contributed by atoms with Crippen LogP contribution >= 0.6 is 0 Å². The molecule has 2 aliphatic heterocycles. The Kier molecular flexibility index (Phi) is 4.06. The fourth-order valence-electron chi connectivity index (χ4n) is 2.96. The Morgan fingerprint density at radius 1 is 1.45 bits per heavy atom. The molecular weight excluding hydrogens is 262 g/mol. The number of nitrogens with one attached hydrogen (secondary N) is 1. The Morgan fingerprint density at radius 3 is 2.75 bits per heavy atom. The number of hydrogen-bond donors (Lipinski definition) is 2. The van der Waals surface area contributed by atoms with Crippen LogP contribution in [0.1, 0.15) is 45.4 Å². The number of carboxylic acids is 1. The second-order valence-electron chi connectivity index (χ2n) is 5.24. The maximum Gasteiger partial charge on any atom is 0.329 e. The molecule has 2 amide bonds. The first-order valence-electron chi connectivity index (χ1n) is 6.92. The van der Waals surface area contributed by atoms with E-state index in [0.717, 1.165) is 0 Å². The minimum absolute atomic E-state index is 0.215. The van der Waals surface area contributed by atoms with Gasteiger partial charge in [0.2, 0.25) is 5.91 Å². The van der Waals surface area contributed by atoms with Gasteiger partial charge < -0.3 is 10.0 Å². The topological polar surface area (TPSA) is 99.1 Å². The van der Waals surface area contributed by atoms with Gasteiger partial charge in [0.15, 0.2) is 0 Å². The molecule has 110 valence electrons. The van der Waals surface area contributed by atoms with E-state index in [0.29, 0.717) is 32.2 Å². The van der Waals surface area contributed by atoms with Gasteiger partial charge in [-0.25, -0.2) is 10.2 Å². The predicted octanol–water partition coefficient (Wildman–Crippen LogP) is 0.498. The van der Waals surface area contributed by atoms with E-state index in [1.807, 2.05) is 6.92 Å². The molecule has 7 heteroatoms. The summed E-state index contributed by atoms with van der Waals surface area (Å²) >= 11 is 0. The molecular formula is C13H19N3O4. The summed E-state index contributed by atoms with van der Waals surface area (Å²) in [7, 11) is 0. The lowest BCUT2D eigenvalue weighted by Gasteiger charge is -2.35. The summed E-state index contributed by atoms with van der Waals surface area (Å²) in [6, 6.07) is 0. The highest BCUT2D eigenvalue weighted by Crippen LogP contribution is 2.34. The first-order chi connectivity index (χ1) is 9.51. The minimum Gasteiger partial charge on any atom is -0.479 e. The van der Waals surface area contributed by atoms with E-state index in [9.17, 15) is 19.5 Å². The molecule has 0 aromatic heterocycles. The number of likely N-dealkylation sites (tertiary alicyclic amines) is 1. The molecule has 0 aliphatic carbocycles. The molecule has 0 saturated carbocycles. The number of hydrazone groups is 1. The lowest BCUT2D eigenvalue weighted by atomic mass is 9.90. The fourth-order valence-corrected chi connectivity index (χ4v) is 2.96. The molecule has 2 N–H and O–H groups in total. The van der Waals surface area contributed by atoms with E-state index in [4.69, 9.17) is 0 Å². The number of amides is 2. The number of carboxylic acid groups (broad SMARTS) is 1. The van der Waals surface area contributed by atoms with E-state index in [1.54, 1.807) is 0 Å². The van der Waals surface area contributed by atoms with Crippen LogP contribution in [0.15, 0.2) is 5.10 Å². The largest absolute Gasteiger partial charge is 0.479 e. The molecule has 0 aromatic rings. The SMILES string of the molecule is CCCC1(C(=O)O)CCCN1C(=O)C1=NNC(=O)CC1. The Balaban J connectivity index is 2.23. The molecule has 0 spiro atoms. The van der Waals surface area contributed by atoms with Gasteiger partial charge >= 0.3 is 5.97 Å². The predicted molar refractivity (Wildman–Crippen MR) is 71.0 cm³/mol. The molecule has 20 heavy (non-hydrogen) atoms. The minimum atomic E-state index is -1.12. The van der Waals surface area contributed by atoms with E-state index < -0.39 is 11.5 Å². The maximum absolute atomic E-state index is 12.5. The summed E-state index contributed by atoms with van der Waals surface area (Å²) in [5, 5.41) is 13.3. The summed E-state index contributed by atoms with van der Waals surface area (Å²) in [5.74, 6) is -1.54. The third-order valence-electron chi connectivity index (χ3n) is 3.95. The smallest absolute Gasteiger partial charge is 0.329 e. The van der Waals surface area contributed by atoms with Gasteiger partial charge in [-0.05, 0) is 19.3 Å². The van der Waals surface area contributed by atoms with Gasteiger partial charge in [-0.15, -0.1) is 0 Å². The van der Waals surface area contributed by atoms with Gasteiger partial charge in [-0.1, -0.05) is 13.3 Å². The van der Waals surface area contributed by atoms with Gasteiger partial charge in [-0.2, -0.15) is 5.10 Å². The number of rotatable bonds is 4. The zero-order valence-corrected chi connectivity index (χ0v) is 11.5. The van der Waals surface area contributed by atoms with Crippen LogP contribution in [0.4, 0.5) is 0 Å². The van der Waals surface area contributed by atoms with E-state index in [-0.39, 0.29) is 30.4 Å². The van der Waals surface area contributed by atoms with Gasteiger partial charge in [0.1, 0.15) is 11.3 Å². The molecule has 0 bridgehead atoms.